The maximum atomic E-state index is 9.88. The van der Waals surface area contributed by atoms with E-state index < -0.39 is 16.6 Å². The standard InChI is InChI=1S/C29H62BNO2Si2/c1-22(2)16-34(17-23(3)4,18-24(5)6)32-30(29(14)28(13)15-31)33-35(19-25(7)8,20-26(9)10)21-27(11)12/h22-29H,16-21H2,1-14H3. The van der Waals surface area contributed by atoms with Gasteiger partial charge in [0.25, 0.3) is 0 Å². The van der Waals surface area contributed by atoms with Gasteiger partial charge in [0.05, 0.1) is 6.07 Å². The maximum absolute atomic E-state index is 9.88. The fourth-order valence-corrected chi connectivity index (χ4v) is 18.5. The van der Waals surface area contributed by atoms with Gasteiger partial charge in [0.1, 0.15) is 0 Å². The summed E-state index contributed by atoms with van der Waals surface area (Å²) < 4.78 is 14.9. The van der Waals surface area contributed by atoms with Gasteiger partial charge >= 0.3 is 7.12 Å². The van der Waals surface area contributed by atoms with E-state index in [1.165, 1.54) is 36.3 Å². The minimum Gasteiger partial charge on any atom is -0.453 e. The van der Waals surface area contributed by atoms with Crippen LogP contribution in [0.5, 0.6) is 0 Å². The van der Waals surface area contributed by atoms with Crippen LogP contribution in [0.3, 0.4) is 0 Å². The molecule has 0 spiro atoms. The molecule has 0 aliphatic carbocycles. The highest BCUT2D eigenvalue weighted by atomic mass is 28.4. The van der Waals surface area contributed by atoms with E-state index in [4.69, 9.17) is 8.69 Å². The molecular weight excluding hydrogens is 461 g/mol. The lowest BCUT2D eigenvalue weighted by Gasteiger charge is -2.44. The molecule has 0 saturated carbocycles. The largest absolute Gasteiger partial charge is 0.453 e. The normalized spacial score (nSPS) is 15.1. The first-order valence-corrected chi connectivity index (χ1v) is 19.8. The van der Waals surface area contributed by atoms with Crippen LogP contribution >= 0.6 is 0 Å². The van der Waals surface area contributed by atoms with E-state index in [9.17, 15) is 5.26 Å². The first-order chi connectivity index (χ1) is 16.0. The van der Waals surface area contributed by atoms with Crippen LogP contribution in [0.15, 0.2) is 0 Å². The van der Waals surface area contributed by atoms with Gasteiger partial charge in [-0.3, -0.25) is 0 Å². The van der Waals surface area contributed by atoms with E-state index in [0.717, 1.165) is 0 Å². The Morgan fingerprint density at radius 3 is 0.914 bits per heavy atom. The van der Waals surface area contributed by atoms with E-state index in [1.54, 1.807) is 0 Å². The Morgan fingerprint density at radius 2 is 0.743 bits per heavy atom. The molecule has 35 heavy (non-hydrogen) atoms. The Balaban J connectivity index is 6.68. The van der Waals surface area contributed by atoms with Gasteiger partial charge in [0.2, 0.25) is 0 Å². The zero-order valence-corrected chi connectivity index (χ0v) is 28.2. The van der Waals surface area contributed by atoms with Crippen molar-refractivity contribution in [2.45, 2.75) is 139 Å². The highest BCUT2D eigenvalue weighted by Crippen LogP contribution is 2.40. The molecule has 2 unspecified atom stereocenters. The molecule has 6 heteroatoms. The fourth-order valence-electron chi connectivity index (χ4n) is 6.34. The summed E-state index contributed by atoms with van der Waals surface area (Å²) in [5.41, 5.74) is 0. The Kier molecular flexibility index (Phi) is 16.0. The van der Waals surface area contributed by atoms with E-state index in [2.05, 4.69) is 103 Å². The van der Waals surface area contributed by atoms with Gasteiger partial charge in [0.15, 0.2) is 16.6 Å². The van der Waals surface area contributed by atoms with Crippen molar-refractivity contribution in [1.82, 2.24) is 0 Å². The minimum atomic E-state index is -2.10. The Labute approximate surface area is 223 Å². The third-order valence-corrected chi connectivity index (χ3v) is 17.7. The smallest absolute Gasteiger partial charge is 0.439 e. The molecule has 0 saturated heterocycles. The fraction of sp³-hybridized carbons (Fsp3) is 0.966. The van der Waals surface area contributed by atoms with Gasteiger partial charge < -0.3 is 8.69 Å². The van der Waals surface area contributed by atoms with Crippen molar-refractivity contribution in [3.05, 3.63) is 0 Å². The zero-order valence-electron chi connectivity index (χ0n) is 26.2. The lowest BCUT2D eigenvalue weighted by molar-refractivity contribution is 0.349. The minimum absolute atomic E-state index is 0.0664. The van der Waals surface area contributed by atoms with Crippen LogP contribution < -0.4 is 0 Å². The second kappa shape index (κ2) is 16.0. The molecule has 0 aromatic rings. The highest BCUT2D eigenvalue weighted by Gasteiger charge is 2.48. The average molecular weight is 524 g/mol. The van der Waals surface area contributed by atoms with E-state index >= 15 is 0 Å². The number of nitrogens with zero attached hydrogens (tertiary/aromatic N) is 1. The molecule has 0 bridgehead atoms. The molecule has 0 aromatic heterocycles. The molecule has 0 heterocycles. The van der Waals surface area contributed by atoms with Crippen LogP contribution in [0.2, 0.25) is 42.1 Å². The van der Waals surface area contributed by atoms with E-state index in [0.29, 0.717) is 35.5 Å². The number of rotatable bonds is 18. The van der Waals surface area contributed by atoms with Crippen LogP contribution in [0.4, 0.5) is 0 Å². The summed E-state index contributed by atoms with van der Waals surface area (Å²) in [6.07, 6.45) is 0. The van der Waals surface area contributed by atoms with Gasteiger partial charge in [-0.15, -0.1) is 0 Å². The maximum Gasteiger partial charge on any atom is 0.439 e. The van der Waals surface area contributed by atoms with Crippen LogP contribution in [0.1, 0.15) is 96.9 Å². The van der Waals surface area contributed by atoms with Crippen molar-refractivity contribution < 1.29 is 8.69 Å². The second-order valence-corrected chi connectivity index (χ2v) is 22.0. The molecule has 0 aliphatic heterocycles. The van der Waals surface area contributed by atoms with Crippen molar-refractivity contribution in [3.8, 4) is 6.07 Å². The molecule has 2 atom stereocenters. The first kappa shape index (κ1) is 34.9. The van der Waals surface area contributed by atoms with Crippen molar-refractivity contribution in [1.29, 1.82) is 5.26 Å². The summed E-state index contributed by atoms with van der Waals surface area (Å²) in [5, 5.41) is 9.88. The third kappa shape index (κ3) is 13.9. The molecule has 0 aliphatic rings. The number of nitriles is 1. The topological polar surface area (TPSA) is 42.2 Å². The van der Waals surface area contributed by atoms with Crippen LogP contribution in [0.25, 0.3) is 0 Å². The summed E-state index contributed by atoms with van der Waals surface area (Å²) in [6, 6.07) is 9.56. The molecule has 0 fully saturated rings. The van der Waals surface area contributed by atoms with Crippen LogP contribution in [0, 0.1) is 52.8 Å². The second-order valence-electron chi connectivity index (χ2n) is 14.3. The lowest BCUT2D eigenvalue weighted by Crippen LogP contribution is -2.54. The van der Waals surface area contributed by atoms with Crippen LogP contribution in [-0.2, 0) is 8.69 Å². The molecule has 0 N–H and O–H groups in total. The van der Waals surface area contributed by atoms with Crippen molar-refractivity contribution in [2.24, 2.45) is 41.4 Å². The molecule has 0 amide bonds. The first-order valence-electron chi connectivity index (χ1n) is 14.7. The number of hydrogen-bond donors (Lipinski definition) is 0. The zero-order chi connectivity index (χ0) is 27.6. The predicted octanol–water partition coefficient (Wildman–Crippen LogP) is 9.88. The van der Waals surface area contributed by atoms with Gasteiger partial charge in [-0.05, 0) is 78.7 Å². The van der Waals surface area contributed by atoms with Gasteiger partial charge in [0, 0.05) is 11.7 Å². The SMILES string of the molecule is CC(C)C[Si](CC(C)C)(CC(C)C)OB(O[Si](CC(C)C)(CC(C)C)CC(C)C)C(C)C(C)C#N. The van der Waals surface area contributed by atoms with E-state index in [1.807, 2.05) is 0 Å². The third-order valence-electron chi connectivity index (χ3n) is 6.84. The average Bonchev–Trinajstić information content (AvgIpc) is 2.62. The van der Waals surface area contributed by atoms with Crippen LogP contribution in [-0.4, -0.2) is 23.8 Å². The Morgan fingerprint density at radius 1 is 0.514 bits per heavy atom. The Hall–Kier alpha value is -0.0913. The van der Waals surface area contributed by atoms with Gasteiger partial charge in [-0.1, -0.05) is 90.0 Å². The highest BCUT2D eigenvalue weighted by molar-refractivity contribution is 6.84. The predicted molar refractivity (Wildman–Crippen MR) is 162 cm³/mol. The van der Waals surface area contributed by atoms with E-state index in [-0.39, 0.29) is 18.9 Å². The van der Waals surface area contributed by atoms with Gasteiger partial charge in [-0.25, -0.2) is 0 Å². The monoisotopic (exact) mass is 523 g/mol. The summed E-state index contributed by atoms with van der Waals surface area (Å²) in [4.78, 5) is 0. The van der Waals surface area contributed by atoms with Crippen molar-refractivity contribution >= 4 is 23.8 Å². The summed E-state index contributed by atoms with van der Waals surface area (Å²) in [5.74, 6) is 3.60. The summed E-state index contributed by atoms with van der Waals surface area (Å²) >= 11 is 0. The van der Waals surface area contributed by atoms with Crippen molar-refractivity contribution in [2.75, 3.05) is 0 Å². The Bertz CT molecular complexity index is 523. The van der Waals surface area contributed by atoms with Crippen molar-refractivity contribution in [3.63, 3.8) is 0 Å². The molecule has 3 nitrogen and oxygen atoms in total. The lowest BCUT2D eigenvalue weighted by atomic mass is 9.68. The quantitative estimate of drug-likeness (QED) is 0.168. The molecule has 0 aromatic carbocycles. The summed E-state index contributed by atoms with van der Waals surface area (Å²) in [6.45, 7) is 32.4. The number of hydrogen-bond acceptors (Lipinski definition) is 3. The van der Waals surface area contributed by atoms with Gasteiger partial charge in [-0.2, -0.15) is 5.26 Å². The molecular formula is C29H62BNO2Si2. The molecule has 0 rings (SSSR count). The summed E-state index contributed by atoms with van der Waals surface area (Å²) in [7, 11) is -4.47. The molecule has 206 valence electrons. The molecule has 0 radical (unpaired) electrons.